The number of thioether (sulfide) groups is 1. The number of ether oxygens (including phenoxy) is 1. The highest BCUT2D eigenvalue weighted by Crippen LogP contribution is 2.33. The van der Waals surface area contributed by atoms with Gasteiger partial charge in [0.15, 0.2) is 0 Å². The molecule has 3 heterocycles. The summed E-state index contributed by atoms with van der Waals surface area (Å²) < 4.78 is 10.7. The van der Waals surface area contributed by atoms with Crippen LogP contribution in [0, 0.1) is 13.8 Å². The predicted octanol–water partition coefficient (Wildman–Crippen LogP) is 1.64. The van der Waals surface area contributed by atoms with Crippen molar-refractivity contribution in [3.63, 3.8) is 0 Å². The Morgan fingerprint density at radius 1 is 1.40 bits per heavy atom. The minimum Gasteiger partial charge on any atom is -0.379 e. The smallest absolute Gasteiger partial charge is 0.317 e. The first-order valence-electron chi connectivity index (χ1n) is 8.83. The third kappa shape index (κ3) is 4.12. The zero-order valence-electron chi connectivity index (χ0n) is 15.3. The SMILES string of the molecule is Cc1noc(C)c1CN(C)C(=O)NCC1(N2CCOCC2)CCSC1. The highest BCUT2D eigenvalue weighted by Gasteiger charge is 2.41. The van der Waals surface area contributed by atoms with Crippen molar-refractivity contribution in [1.29, 1.82) is 0 Å². The van der Waals surface area contributed by atoms with Gasteiger partial charge < -0.3 is 19.5 Å². The van der Waals surface area contributed by atoms with Crippen LogP contribution in [0.5, 0.6) is 0 Å². The predicted molar refractivity (Wildman–Crippen MR) is 97.9 cm³/mol. The summed E-state index contributed by atoms with van der Waals surface area (Å²) in [6.45, 7) is 8.44. The van der Waals surface area contributed by atoms with Crippen LogP contribution in [-0.2, 0) is 11.3 Å². The summed E-state index contributed by atoms with van der Waals surface area (Å²) >= 11 is 1.97. The zero-order valence-corrected chi connectivity index (χ0v) is 16.2. The molecule has 0 spiro atoms. The van der Waals surface area contributed by atoms with Crippen LogP contribution < -0.4 is 5.32 Å². The Balaban J connectivity index is 1.58. The number of nitrogens with zero attached hydrogens (tertiary/aromatic N) is 3. The number of hydrogen-bond donors (Lipinski definition) is 1. The van der Waals surface area contributed by atoms with Gasteiger partial charge in [-0.2, -0.15) is 11.8 Å². The first-order chi connectivity index (χ1) is 12.0. The van der Waals surface area contributed by atoms with Crippen molar-refractivity contribution in [3.8, 4) is 0 Å². The van der Waals surface area contributed by atoms with E-state index in [0.29, 0.717) is 13.1 Å². The summed E-state index contributed by atoms with van der Waals surface area (Å²) in [5.41, 5.74) is 1.89. The molecule has 2 amide bonds. The first kappa shape index (κ1) is 18.5. The Morgan fingerprint density at radius 2 is 2.16 bits per heavy atom. The molecule has 1 unspecified atom stereocenters. The molecule has 7 nitrogen and oxygen atoms in total. The molecular formula is C17H28N4O3S. The summed E-state index contributed by atoms with van der Waals surface area (Å²) in [4.78, 5) is 16.8. The number of carbonyl (C=O) groups is 1. The van der Waals surface area contributed by atoms with Crippen molar-refractivity contribution in [2.75, 3.05) is 51.4 Å². The Labute approximate surface area is 153 Å². The molecule has 2 aliphatic rings. The average Bonchev–Trinajstić information content (AvgIpc) is 3.23. The molecule has 2 aliphatic heterocycles. The van der Waals surface area contributed by atoms with Crippen LogP contribution in [0.3, 0.4) is 0 Å². The van der Waals surface area contributed by atoms with Gasteiger partial charge in [-0.3, -0.25) is 4.90 Å². The summed E-state index contributed by atoms with van der Waals surface area (Å²) in [7, 11) is 1.81. The lowest BCUT2D eigenvalue weighted by Crippen LogP contribution is -2.59. The maximum absolute atomic E-state index is 12.6. The highest BCUT2D eigenvalue weighted by atomic mass is 32.2. The lowest BCUT2D eigenvalue weighted by Gasteiger charge is -2.43. The highest BCUT2D eigenvalue weighted by molar-refractivity contribution is 7.99. The minimum absolute atomic E-state index is 0.0514. The summed E-state index contributed by atoms with van der Waals surface area (Å²) in [5, 5.41) is 7.11. The van der Waals surface area contributed by atoms with Crippen LogP contribution in [0.15, 0.2) is 4.52 Å². The number of carbonyl (C=O) groups excluding carboxylic acids is 1. The molecule has 1 aromatic rings. The van der Waals surface area contributed by atoms with Crippen molar-refractivity contribution < 1.29 is 14.1 Å². The maximum Gasteiger partial charge on any atom is 0.317 e. The van der Waals surface area contributed by atoms with Gasteiger partial charge in [0.1, 0.15) is 5.76 Å². The second-order valence-electron chi connectivity index (χ2n) is 6.94. The largest absolute Gasteiger partial charge is 0.379 e. The van der Waals surface area contributed by atoms with E-state index in [2.05, 4.69) is 15.4 Å². The van der Waals surface area contributed by atoms with Crippen molar-refractivity contribution >= 4 is 17.8 Å². The van der Waals surface area contributed by atoms with Gasteiger partial charge in [-0.15, -0.1) is 0 Å². The Kier molecular flexibility index (Phi) is 5.91. The fourth-order valence-corrected chi connectivity index (χ4v) is 5.02. The van der Waals surface area contributed by atoms with Gasteiger partial charge in [0.25, 0.3) is 0 Å². The minimum atomic E-state index is -0.0514. The van der Waals surface area contributed by atoms with E-state index in [9.17, 15) is 4.79 Å². The van der Waals surface area contributed by atoms with Gasteiger partial charge in [-0.05, 0) is 26.0 Å². The van der Waals surface area contributed by atoms with Crippen molar-refractivity contribution in [2.24, 2.45) is 0 Å². The third-order valence-electron chi connectivity index (χ3n) is 5.26. The van der Waals surface area contributed by atoms with E-state index in [1.54, 1.807) is 4.90 Å². The van der Waals surface area contributed by atoms with Crippen LogP contribution in [0.25, 0.3) is 0 Å². The van der Waals surface area contributed by atoms with Crippen molar-refractivity contribution in [1.82, 2.24) is 20.3 Å². The number of urea groups is 1. The van der Waals surface area contributed by atoms with E-state index in [-0.39, 0.29) is 11.6 Å². The lowest BCUT2D eigenvalue weighted by atomic mass is 9.95. The van der Waals surface area contributed by atoms with Gasteiger partial charge in [0.2, 0.25) is 0 Å². The van der Waals surface area contributed by atoms with Gasteiger partial charge in [-0.1, -0.05) is 5.16 Å². The number of morpholine rings is 1. The summed E-state index contributed by atoms with van der Waals surface area (Å²) in [5.74, 6) is 3.00. The number of nitrogens with one attached hydrogen (secondary N) is 1. The van der Waals surface area contributed by atoms with Crippen molar-refractivity contribution in [3.05, 3.63) is 17.0 Å². The van der Waals surface area contributed by atoms with Crippen LogP contribution in [0.1, 0.15) is 23.4 Å². The maximum atomic E-state index is 12.6. The quantitative estimate of drug-likeness (QED) is 0.852. The van der Waals surface area contributed by atoms with Crippen LogP contribution in [0.4, 0.5) is 4.79 Å². The number of amides is 2. The molecule has 2 fully saturated rings. The Morgan fingerprint density at radius 3 is 2.76 bits per heavy atom. The topological polar surface area (TPSA) is 70.8 Å². The molecule has 0 saturated carbocycles. The summed E-state index contributed by atoms with van der Waals surface area (Å²) in [6.07, 6.45) is 1.12. The van der Waals surface area contributed by atoms with Gasteiger partial charge in [0, 0.05) is 43.5 Å². The van der Waals surface area contributed by atoms with Gasteiger partial charge >= 0.3 is 6.03 Å². The van der Waals surface area contributed by atoms with Gasteiger partial charge in [-0.25, -0.2) is 4.79 Å². The normalized spacial score (nSPS) is 24.4. The van der Waals surface area contributed by atoms with E-state index >= 15 is 0 Å². The fourth-order valence-electron chi connectivity index (χ4n) is 3.55. The number of hydrogen-bond acceptors (Lipinski definition) is 6. The molecule has 0 aromatic carbocycles. The van der Waals surface area contributed by atoms with Crippen LogP contribution in [-0.4, -0.2) is 77.9 Å². The molecule has 8 heteroatoms. The van der Waals surface area contributed by atoms with Crippen LogP contribution in [0.2, 0.25) is 0 Å². The second-order valence-corrected chi connectivity index (χ2v) is 8.05. The standard InChI is InChI=1S/C17H28N4O3S/c1-13-15(14(2)24-19-13)10-20(3)16(22)18-11-17(4-9-25-12-17)21-5-7-23-8-6-21/h4-12H2,1-3H3,(H,18,22). The molecular weight excluding hydrogens is 340 g/mol. The Hall–Kier alpha value is -1.25. The molecule has 25 heavy (non-hydrogen) atoms. The van der Waals surface area contributed by atoms with Gasteiger partial charge in [0.05, 0.1) is 25.5 Å². The fraction of sp³-hybridized carbons (Fsp3) is 0.765. The lowest BCUT2D eigenvalue weighted by molar-refractivity contribution is -0.0127. The average molecular weight is 369 g/mol. The van der Waals surface area contributed by atoms with E-state index < -0.39 is 0 Å². The summed E-state index contributed by atoms with van der Waals surface area (Å²) in [6, 6.07) is -0.0514. The number of aryl methyl sites for hydroxylation is 2. The second kappa shape index (κ2) is 7.97. The molecule has 0 radical (unpaired) electrons. The third-order valence-corrected chi connectivity index (χ3v) is 6.49. The number of rotatable bonds is 5. The first-order valence-corrected chi connectivity index (χ1v) is 9.98. The van der Waals surface area contributed by atoms with Crippen molar-refractivity contribution in [2.45, 2.75) is 32.4 Å². The Bertz CT molecular complexity index is 575. The van der Waals surface area contributed by atoms with E-state index in [1.165, 1.54) is 0 Å². The molecule has 1 aromatic heterocycles. The zero-order chi connectivity index (χ0) is 17.9. The van der Waals surface area contributed by atoms with E-state index in [0.717, 1.165) is 61.2 Å². The molecule has 1 N–H and O–H groups in total. The molecule has 2 saturated heterocycles. The molecule has 0 aliphatic carbocycles. The number of aromatic nitrogens is 1. The van der Waals surface area contributed by atoms with E-state index in [4.69, 9.17) is 9.26 Å². The molecule has 140 valence electrons. The molecule has 3 rings (SSSR count). The van der Waals surface area contributed by atoms with E-state index in [1.807, 2.05) is 32.7 Å². The monoisotopic (exact) mass is 368 g/mol. The molecule has 0 bridgehead atoms. The molecule has 1 atom stereocenters. The van der Waals surface area contributed by atoms with Crippen LogP contribution >= 0.6 is 11.8 Å².